The number of nitrogens with zero attached hydrogens (tertiary/aromatic N) is 2. The first-order valence-electron chi connectivity index (χ1n) is 8.34. The van der Waals surface area contributed by atoms with E-state index >= 15 is 0 Å². The van der Waals surface area contributed by atoms with Gasteiger partial charge in [0.1, 0.15) is 5.82 Å². The number of hydrazone groups is 1. The van der Waals surface area contributed by atoms with E-state index in [1.54, 1.807) is 24.3 Å². The third-order valence-corrected chi connectivity index (χ3v) is 4.65. The van der Waals surface area contributed by atoms with Crippen LogP contribution in [0.1, 0.15) is 32.0 Å². The zero-order valence-electron chi connectivity index (χ0n) is 14.0. The summed E-state index contributed by atoms with van der Waals surface area (Å²) in [6.45, 7) is 0.479. The summed E-state index contributed by atoms with van der Waals surface area (Å²) in [6.07, 6.45) is 0. The van der Waals surface area contributed by atoms with Gasteiger partial charge in [0.05, 0.1) is 35.4 Å². The zero-order chi connectivity index (χ0) is 18.5. The van der Waals surface area contributed by atoms with Crippen molar-refractivity contribution in [2.24, 2.45) is 5.10 Å². The van der Waals surface area contributed by atoms with E-state index in [0.717, 1.165) is 5.56 Å². The number of carbonyl (C=O) groups excluding carboxylic acids is 2. The lowest BCUT2D eigenvalue weighted by molar-refractivity contribution is -0.107. The van der Waals surface area contributed by atoms with Crippen LogP contribution in [0.15, 0.2) is 47.6 Å². The molecule has 2 aliphatic heterocycles. The van der Waals surface area contributed by atoms with Gasteiger partial charge in [-0.1, -0.05) is 18.2 Å². The molecular formula is C19H13FN4O3. The van der Waals surface area contributed by atoms with Crippen LogP contribution in [0, 0.1) is 5.82 Å². The van der Waals surface area contributed by atoms with Crippen LogP contribution in [0.2, 0.25) is 0 Å². The van der Waals surface area contributed by atoms with Crippen LogP contribution in [0.3, 0.4) is 0 Å². The van der Waals surface area contributed by atoms with Gasteiger partial charge in [-0.2, -0.15) is 5.10 Å². The highest BCUT2D eigenvalue weighted by molar-refractivity contribution is 6.21. The fourth-order valence-corrected chi connectivity index (χ4v) is 3.52. The third kappa shape index (κ3) is 2.49. The van der Waals surface area contributed by atoms with E-state index in [9.17, 15) is 14.0 Å². The predicted octanol–water partition coefficient (Wildman–Crippen LogP) is 2.34. The van der Waals surface area contributed by atoms with Gasteiger partial charge in [0.15, 0.2) is 0 Å². The van der Waals surface area contributed by atoms with Crippen molar-refractivity contribution in [2.75, 3.05) is 6.54 Å². The number of benzene rings is 2. The van der Waals surface area contributed by atoms with Gasteiger partial charge in [0.2, 0.25) is 0 Å². The Morgan fingerprint density at radius 2 is 2.00 bits per heavy atom. The average molecular weight is 364 g/mol. The largest absolute Gasteiger partial charge is 0.363 e. The first-order valence-corrected chi connectivity index (χ1v) is 8.34. The van der Waals surface area contributed by atoms with Crippen LogP contribution in [-0.4, -0.2) is 34.2 Å². The normalized spacial score (nSPS) is 15.9. The van der Waals surface area contributed by atoms with Gasteiger partial charge >= 0.3 is 5.97 Å². The number of H-pyrrole nitrogens is 1. The highest BCUT2D eigenvalue weighted by Crippen LogP contribution is 2.32. The number of halogens is 1. The molecule has 0 saturated heterocycles. The molecule has 3 heterocycles. The van der Waals surface area contributed by atoms with Crippen molar-refractivity contribution in [3.63, 3.8) is 0 Å². The van der Waals surface area contributed by atoms with E-state index in [1.807, 2.05) is 6.07 Å². The summed E-state index contributed by atoms with van der Waals surface area (Å²) >= 11 is 0. The Morgan fingerprint density at radius 3 is 2.81 bits per heavy atom. The summed E-state index contributed by atoms with van der Waals surface area (Å²) in [6, 6.07) is 11.2. The topological polar surface area (TPSA) is 86.8 Å². The molecule has 0 saturated carbocycles. The number of aromatic nitrogens is 1. The Bertz CT molecular complexity index is 1140. The number of rotatable bonds is 2. The molecule has 0 fully saturated rings. The van der Waals surface area contributed by atoms with Crippen molar-refractivity contribution in [1.29, 1.82) is 0 Å². The predicted molar refractivity (Wildman–Crippen MR) is 94.5 cm³/mol. The van der Waals surface area contributed by atoms with Crippen LogP contribution >= 0.6 is 0 Å². The van der Waals surface area contributed by atoms with Gasteiger partial charge in [0.25, 0.3) is 5.91 Å². The Balaban J connectivity index is 1.54. The van der Waals surface area contributed by atoms with Crippen molar-refractivity contribution >= 4 is 28.5 Å². The monoisotopic (exact) mass is 364 g/mol. The quantitative estimate of drug-likeness (QED) is 0.731. The Labute approximate surface area is 152 Å². The second-order valence-corrected chi connectivity index (χ2v) is 6.40. The lowest BCUT2D eigenvalue weighted by Gasteiger charge is -2.26. The molecule has 0 unspecified atom stereocenters. The molecule has 2 aliphatic rings. The smallest absolute Gasteiger partial charge is 0.357 e. The molecule has 134 valence electrons. The molecule has 0 aliphatic carbocycles. The second-order valence-electron chi connectivity index (χ2n) is 6.40. The SMILES string of the molecule is O=C(ON1CC2=NNC(=O)c3cc(F)cc4[nH]c(c2c34)C1)c1ccccc1. The van der Waals surface area contributed by atoms with E-state index < -0.39 is 17.7 Å². The minimum Gasteiger partial charge on any atom is -0.363 e. The van der Waals surface area contributed by atoms with Gasteiger partial charge in [-0.05, 0) is 24.3 Å². The van der Waals surface area contributed by atoms with Gasteiger partial charge < -0.3 is 9.82 Å². The van der Waals surface area contributed by atoms with Crippen LogP contribution < -0.4 is 5.43 Å². The fourth-order valence-electron chi connectivity index (χ4n) is 3.52. The highest BCUT2D eigenvalue weighted by Gasteiger charge is 2.32. The zero-order valence-corrected chi connectivity index (χ0v) is 14.0. The first kappa shape index (κ1) is 15.7. The van der Waals surface area contributed by atoms with E-state index in [1.165, 1.54) is 17.2 Å². The van der Waals surface area contributed by atoms with E-state index in [0.29, 0.717) is 27.9 Å². The number of carbonyl (C=O) groups is 2. The van der Waals surface area contributed by atoms with Crippen molar-refractivity contribution < 1.29 is 18.8 Å². The summed E-state index contributed by atoms with van der Waals surface area (Å²) in [7, 11) is 0. The van der Waals surface area contributed by atoms with Crippen molar-refractivity contribution in [1.82, 2.24) is 15.5 Å². The third-order valence-electron chi connectivity index (χ3n) is 4.65. The Kier molecular flexibility index (Phi) is 3.34. The van der Waals surface area contributed by atoms with Crippen LogP contribution in [0.4, 0.5) is 4.39 Å². The minimum absolute atomic E-state index is 0.204. The molecule has 1 amide bonds. The average Bonchev–Trinajstić information content (AvgIpc) is 2.96. The number of hydroxylamine groups is 2. The van der Waals surface area contributed by atoms with Crippen molar-refractivity contribution in [3.8, 4) is 0 Å². The standard InChI is InChI=1S/C19H13FN4O3/c20-11-6-12-16-13(7-11)21-14-8-24(9-15(17(14)16)22-23-18(12)25)27-19(26)10-4-2-1-3-5-10/h1-7,21H,8-9H2,(H,23,25). The molecule has 2 aromatic carbocycles. The maximum atomic E-state index is 13.9. The summed E-state index contributed by atoms with van der Waals surface area (Å²) in [5, 5.41) is 6.24. The molecule has 2 N–H and O–H groups in total. The molecule has 0 radical (unpaired) electrons. The molecule has 0 atom stereocenters. The summed E-state index contributed by atoms with van der Waals surface area (Å²) in [4.78, 5) is 33.2. The van der Waals surface area contributed by atoms with Crippen LogP contribution in [0.5, 0.6) is 0 Å². The maximum absolute atomic E-state index is 13.9. The minimum atomic E-state index is -0.512. The summed E-state index contributed by atoms with van der Waals surface area (Å²) < 4.78 is 13.9. The fraction of sp³-hybridized carbons (Fsp3) is 0.105. The molecule has 7 nitrogen and oxygen atoms in total. The number of nitrogens with one attached hydrogen (secondary N) is 2. The van der Waals surface area contributed by atoms with Crippen molar-refractivity contribution in [2.45, 2.75) is 6.54 Å². The molecule has 5 rings (SSSR count). The molecule has 0 bridgehead atoms. The number of hydrogen-bond donors (Lipinski definition) is 2. The Hall–Kier alpha value is -3.52. The number of amides is 1. The van der Waals surface area contributed by atoms with E-state index in [4.69, 9.17) is 4.84 Å². The van der Waals surface area contributed by atoms with Gasteiger partial charge in [-0.3, -0.25) is 4.79 Å². The first-order chi connectivity index (χ1) is 13.1. The summed E-state index contributed by atoms with van der Waals surface area (Å²) in [5.41, 5.74) is 5.61. The molecule has 0 spiro atoms. The lowest BCUT2D eigenvalue weighted by atomic mass is 9.99. The summed E-state index contributed by atoms with van der Waals surface area (Å²) in [5.74, 6) is -1.47. The lowest BCUT2D eigenvalue weighted by Crippen LogP contribution is -2.37. The van der Waals surface area contributed by atoms with Gasteiger partial charge in [0, 0.05) is 16.6 Å². The van der Waals surface area contributed by atoms with Crippen LogP contribution in [0.25, 0.3) is 10.9 Å². The van der Waals surface area contributed by atoms with E-state index in [2.05, 4.69) is 15.5 Å². The number of aromatic amines is 1. The highest BCUT2D eigenvalue weighted by atomic mass is 19.1. The molecule has 1 aromatic heterocycles. The molecular weight excluding hydrogens is 351 g/mol. The Morgan fingerprint density at radius 1 is 1.19 bits per heavy atom. The number of hydrogen-bond acceptors (Lipinski definition) is 5. The van der Waals surface area contributed by atoms with Gasteiger partial charge in [-0.25, -0.2) is 14.6 Å². The second kappa shape index (κ2) is 5.75. The van der Waals surface area contributed by atoms with Crippen LogP contribution in [-0.2, 0) is 11.4 Å². The van der Waals surface area contributed by atoms with Crippen molar-refractivity contribution in [3.05, 3.63) is 70.7 Å². The molecule has 8 heteroatoms. The maximum Gasteiger partial charge on any atom is 0.357 e. The molecule has 27 heavy (non-hydrogen) atoms. The van der Waals surface area contributed by atoms with Gasteiger partial charge in [-0.15, -0.1) is 5.06 Å². The molecule has 3 aromatic rings. The van der Waals surface area contributed by atoms with E-state index in [-0.39, 0.29) is 18.7 Å².